The van der Waals surface area contributed by atoms with Crippen LogP contribution in [0.2, 0.25) is 0 Å². The van der Waals surface area contributed by atoms with Gasteiger partial charge in [0.05, 0.1) is 45.2 Å². The van der Waals surface area contributed by atoms with Crippen LogP contribution in [-0.4, -0.2) is 31.2 Å². The number of benzene rings is 14. The summed E-state index contributed by atoms with van der Waals surface area (Å²) >= 11 is 0. The predicted molar refractivity (Wildman–Crippen MR) is 415 cm³/mol. The molecule has 5 heterocycles. The van der Waals surface area contributed by atoms with Gasteiger partial charge in [-0.1, -0.05) is 261 Å². The van der Waals surface area contributed by atoms with E-state index in [1.807, 2.05) is 12.1 Å². The highest BCUT2D eigenvalue weighted by Gasteiger charge is 2.44. The summed E-state index contributed by atoms with van der Waals surface area (Å²) in [6.45, 7) is -0.0502. The van der Waals surface area contributed by atoms with E-state index in [9.17, 15) is 0 Å². The molecule has 2 aliphatic rings. The van der Waals surface area contributed by atoms with Crippen LogP contribution in [0.15, 0.2) is 364 Å². The first-order valence-electron chi connectivity index (χ1n) is 34.0. The monoisotopic (exact) mass is 1270 g/mol. The van der Waals surface area contributed by atoms with Crippen molar-refractivity contribution in [3.63, 3.8) is 0 Å². The molecule has 0 unspecified atom stereocenters. The zero-order chi connectivity index (χ0) is 66.0. The van der Waals surface area contributed by atoms with Crippen LogP contribution >= 0.6 is 0 Å². The summed E-state index contributed by atoms with van der Waals surface area (Å²) < 4.78 is 2.41. The largest absolute Gasteiger partial charge is 0.311 e. The van der Waals surface area contributed by atoms with Gasteiger partial charge in [-0.05, 0) is 147 Å². The van der Waals surface area contributed by atoms with Crippen molar-refractivity contribution in [2.24, 2.45) is 0 Å². The van der Waals surface area contributed by atoms with Crippen molar-refractivity contribution in [2.75, 3.05) is 9.80 Å². The molecule has 8 heteroatoms. The quantitative estimate of drug-likeness (QED) is 0.114. The Hall–Kier alpha value is -13.3. The van der Waals surface area contributed by atoms with Crippen molar-refractivity contribution in [2.45, 2.75) is 0 Å². The number of anilines is 6. The average Bonchev–Trinajstić information content (AvgIpc) is 0.732. The maximum Gasteiger partial charge on any atom is 0.252 e. The Labute approximate surface area is 580 Å². The fourth-order valence-electron chi connectivity index (χ4n) is 15.2. The normalized spacial score (nSPS) is 12.1. The van der Waals surface area contributed by atoms with Gasteiger partial charge in [-0.25, -0.2) is 19.9 Å². The number of hydrogen-bond acceptors (Lipinski definition) is 6. The van der Waals surface area contributed by atoms with Crippen LogP contribution in [0.25, 0.3) is 129 Å². The van der Waals surface area contributed by atoms with E-state index >= 15 is 0 Å². The van der Waals surface area contributed by atoms with E-state index in [1.54, 1.807) is 0 Å². The molecule has 466 valence electrons. The first kappa shape index (κ1) is 58.1. The summed E-state index contributed by atoms with van der Waals surface area (Å²) in [6.07, 6.45) is 0. The Kier molecular flexibility index (Phi) is 14.2. The van der Waals surface area contributed by atoms with Crippen LogP contribution < -0.4 is 26.2 Å². The third-order valence-electron chi connectivity index (χ3n) is 19.8. The van der Waals surface area contributed by atoms with Gasteiger partial charge in [0, 0.05) is 78.2 Å². The SMILES string of the molecule is c1ccc(-c2ccc3c(c2)c2cc(-c4ccccc4)ccc2n3-c2ccc(-c3nc(-c4ccccc4)cc(-c4ccccc4)n3)cc2-c2nc(-c3ccccc3)cc(-c3cccc(-c4ccc5c6c4N(c4ccccc4)c4ccccc4B6c4ccccc4N5c4ccccc4)c3)n2)cc1. The van der Waals surface area contributed by atoms with E-state index in [2.05, 4.69) is 366 Å². The second-order valence-electron chi connectivity index (χ2n) is 25.7. The van der Waals surface area contributed by atoms with E-state index in [0.29, 0.717) is 11.6 Å². The highest BCUT2D eigenvalue weighted by Crippen LogP contribution is 2.49. The Balaban J connectivity index is 0.853. The highest BCUT2D eigenvalue weighted by molar-refractivity contribution is 7.00. The predicted octanol–water partition coefficient (Wildman–Crippen LogP) is 21.4. The Morgan fingerprint density at radius 1 is 0.230 bits per heavy atom. The first-order chi connectivity index (χ1) is 49.6. The second kappa shape index (κ2) is 24.4. The molecule has 17 aromatic rings. The molecule has 19 rings (SSSR count). The molecule has 0 aliphatic carbocycles. The molecule has 7 nitrogen and oxygen atoms in total. The van der Waals surface area contributed by atoms with Crippen LogP contribution in [-0.2, 0) is 0 Å². The van der Waals surface area contributed by atoms with Gasteiger partial charge < -0.3 is 14.4 Å². The molecule has 0 amide bonds. The minimum Gasteiger partial charge on any atom is -0.311 e. The van der Waals surface area contributed by atoms with E-state index in [0.717, 1.165) is 145 Å². The van der Waals surface area contributed by atoms with Gasteiger partial charge in [0.2, 0.25) is 0 Å². The fourth-order valence-corrected chi connectivity index (χ4v) is 15.2. The van der Waals surface area contributed by atoms with E-state index in [4.69, 9.17) is 19.9 Å². The molecule has 2 aliphatic heterocycles. The van der Waals surface area contributed by atoms with Crippen molar-refractivity contribution < 1.29 is 0 Å². The van der Waals surface area contributed by atoms with Gasteiger partial charge in [-0.2, -0.15) is 0 Å². The molecule has 14 aromatic carbocycles. The number of para-hydroxylation sites is 4. The number of fused-ring (bicyclic) bond motifs is 7. The lowest BCUT2D eigenvalue weighted by Gasteiger charge is -2.45. The molecule has 0 saturated heterocycles. The van der Waals surface area contributed by atoms with Crippen molar-refractivity contribution in [3.8, 4) is 107 Å². The highest BCUT2D eigenvalue weighted by atomic mass is 15.2. The molecule has 3 aromatic heterocycles. The first-order valence-corrected chi connectivity index (χ1v) is 34.0. The number of hydrogen-bond donors (Lipinski definition) is 0. The summed E-state index contributed by atoms with van der Waals surface area (Å²) in [5.74, 6) is 1.14. The summed E-state index contributed by atoms with van der Waals surface area (Å²) in [7, 11) is 0. The summed E-state index contributed by atoms with van der Waals surface area (Å²) in [4.78, 5) is 27.4. The summed E-state index contributed by atoms with van der Waals surface area (Å²) in [5.41, 5.74) is 29.1. The van der Waals surface area contributed by atoms with E-state index in [-0.39, 0.29) is 6.71 Å². The van der Waals surface area contributed by atoms with Gasteiger partial charge in [-0.15, -0.1) is 0 Å². The smallest absolute Gasteiger partial charge is 0.252 e. The third kappa shape index (κ3) is 10.1. The van der Waals surface area contributed by atoms with Gasteiger partial charge in [0.25, 0.3) is 6.71 Å². The van der Waals surface area contributed by atoms with Crippen molar-refractivity contribution in [3.05, 3.63) is 364 Å². The third-order valence-corrected chi connectivity index (χ3v) is 19.8. The Bertz CT molecular complexity index is 5810. The van der Waals surface area contributed by atoms with Gasteiger partial charge in [0.1, 0.15) is 0 Å². The standard InChI is InChI=1S/C92H60BN7/c1-8-27-61(28-9-1)66-47-51-83-74(56-66)75-57-67(62-29-10-2-11-30-62)48-52-84(75)100(83)85-53-49-70(91-94-79(63-31-12-3-13-32-63)59-80(95-91)64-33-14-4-15-34-64)58-76(85)92-96-81(65-35-16-5-17-36-65)60-82(97-92)69-38-26-37-68(55-69)73-50-54-88-89-90(73)99(72-41-20-7-21-42-72)87-46-25-23-44-78(87)93(89)77-43-22-24-45-86(77)98(88)71-39-18-6-19-40-71/h1-60H. The van der Waals surface area contributed by atoms with Crippen molar-refractivity contribution in [1.29, 1.82) is 0 Å². The topological polar surface area (TPSA) is 63.0 Å². The van der Waals surface area contributed by atoms with Gasteiger partial charge >= 0.3 is 0 Å². The van der Waals surface area contributed by atoms with Gasteiger partial charge in [-0.3, -0.25) is 0 Å². The molecule has 0 N–H and O–H groups in total. The number of rotatable bonds is 12. The molecule has 0 atom stereocenters. The second-order valence-corrected chi connectivity index (χ2v) is 25.7. The zero-order valence-corrected chi connectivity index (χ0v) is 54.3. The van der Waals surface area contributed by atoms with Crippen LogP contribution in [0.3, 0.4) is 0 Å². The lowest BCUT2D eigenvalue weighted by Crippen LogP contribution is -2.61. The number of nitrogens with zero attached hydrogens (tertiary/aromatic N) is 7. The maximum atomic E-state index is 5.85. The maximum absolute atomic E-state index is 5.85. The fraction of sp³-hybridized carbons (Fsp3) is 0. The Morgan fingerprint density at radius 3 is 1.15 bits per heavy atom. The van der Waals surface area contributed by atoms with Gasteiger partial charge in [0.15, 0.2) is 11.6 Å². The van der Waals surface area contributed by atoms with Crippen LogP contribution in [0.4, 0.5) is 34.1 Å². The van der Waals surface area contributed by atoms with Crippen molar-refractivity contribution >= 4 is 79.0 Å². The molecule has 0 bridgehead atoms. The van der Waals surface area contributed by atoms with Crippen LogP contribution in [0, 0.1) is 0 Å². The molecular weight excluding hydrogens is 1210 g/mol. The van der Waals surface area contributed by atoms with Crippen LogP contribution in [0.5, 0.6) is 0 Å². The summed E-state index contributed by atoms with van der Waals surface area (Å²) in [5, 5.41) is 2.26. The molecule has 100 heavy (non-hydrogen) atoms. The molecule has 0 spiro atoms. The number of aromatic nitrogens is 5. The zero-order valence-electron chi connectivity index (χ0n) is 54.3. The Morgan fingerprint density at radius 2 is 0.630 bits per heavy atom. The van der Waals surface area contributed by atoms with Crippen molar-refractivity contribution in [1.82, 2.24) is 24.5 Å². The molecule has 0 fully saturated rings. The molecule has 0 saturated carbocycles. The summed E-state index contributed by atoms with van der Waals surface area (Å²) in [6, 6.07) is 130. The molecular formula is C92H60BN7. The van der Waals surface area contributed by atoms with Crippen LogP contribution in [0.1, 0.15) is 0 Å². The minimum absolute atomic E-state index is 0.0502. The van der Waals surface area contributed by atoms with E-state index < -0.39 is 0 Å². The van der Waals surface area contributed by atoms with E-state index in [1.165, 1.54) is 22.1 Å². The molecule has 0 radical (unpaired) electrons. The lowest BCUT2D eigenvalue weighted by atomic mass is 9.33. The average molecular weight is 1270 g/mol. The minimum atomic E-state index is -0.0502. The lowest BCUT2D eigenvalue weighted by molar-refractivity contribution is 1.13.